The average Bonchev–Trinajstić information content (AvgIpc) is 3.29. The predicted octanol–water partition coefficient (Wildman–Crippen LogP) is 3.33. The van der Waals surface area contributed by atoms with Gasteiger partial charge in [0.05, 0.1) is 14.2 Å². The fourth-order valence-electron chi connectivity index (χ4n) is 4.69. The molecule has 2 aromatic rings. The Morgan fingerprint density at radius 2 is 1.62 bits per heavy atom. The highest BCUT2D eigenvalue weighted by Gasteiger charge is 2.20. The molecule has 6 nitrogen and oxygen atoms in total. The highest BCUT2D eigenvalue weighted by atomic mass is 16.5. The molecule has 1 aliphatic carbocycles. The molecule has 0 bridgehead atoms. The van der Waals surface area contributed by atoms with Crippen LogP contribution in [0.5, 0.6) is 11.5 Å². The first-order valence-electron chi connectivity index (χ1n) is 11.4. The zero-order valence-electron chi connectivity index (χ0n) is 19.0. The second-order valence-corrected chi connectivity index (χ2v) is 8.61. The Hall–Kier alpha value is -2.86. The number of methoxy groups -OCH3 is 2. The van der Waals surface area contributed by atoms with E-state index >= 15 is 0 Å². The molecule has 6 heteroatoms. The number of ether oxygens (including phenoxy) is 2. The smallest absolute Gasteiger partial charge is 0.220 e. The minimum Gasteiger partial charge on any atom is -0.493 e. The van der Waals surface area contributed by atoms with Crippen molar-refractivity contribution in [3.8, 4) is 11.5 Å². The van der Waals surface area contributed by atoms with Crippen LogP contribution in [0.1, 0.15) is 51.9 Å². The van der Waals surface area contributed by atoms with E-state index in [1.165, 1.54) is 28.7 Å². The Kier molecular flexibility index (Phi) is 7.10. The number of aryl methyl sites for hydroxylation is 2. The lowest BCUT2D eigenvalue weighted by atomic mass is 9.99. The fraction of sp³-hybridized carbons (Fsp3) is 0.462. The van der Waals surface area contributed by atoms with E-state index in [9.17, 15) is 9.59 Å². The molecule has 0 fully saturated rings. The summed E-state index contributed by atoms with van der Waals surface area (Å²) < 4.78 is 10.8. The number of benzene rings is 2. The van der Waals surface area contributed by atoms with E-state index in [-0.39, 0.29) is 24.5 Å². The van der Waals surface area contributed by atoms with Crippen LogP contribution in [0.15, 0.2) is 30.3 Å². The summed E-state index contributed by atoms with van der Waals surface area (Å²) in [6, 6.07) is 10.1. The van der Waals surface area contributed by atoms with Gasteiger partial charge in [-0.3, -0.25) is 14.5 Å². The molecule has 32 heavy (non-hydrogen) atoms. The molecule has 170 valence electrons. The van der Waals surface area contributed by atoms with Crippen LogP contribution in [0, 0.1) is 0 Å². The van der Waals surface area contributed by atoms with Crippen molar-refractivity contribution in [2.45, 2.75) is 45.1 Å². The SMILES string of the molecule is COc1cc2c(cc1OC)CN(CCNC(=O)CCC(=O)c1ccc3c(c1)CCC3)CC2. The first-order chi connectivity index (χ1) is 15.6. The standard InChI is InChI=1S/C26H32N2O4/c1-31-24-15-20-10-12-28(17-22(20)16-25(24)32-2)13-11-27-26(30)9-8-23(29)21-7-6-18-4-3-5-19(18)14-21/h6-7,14-16H,3-5,8-13,17H2,1-2H3,(H,27,30). The minimum atomic E-state index is -0.0664. The minimum absolute atomic E-state index is 0.0480. The van der Waals surface area contributed by atoms with Crippen molar-refractivity contribution in [3.05, 3.63) is 58.1 Å². The van der Waals surface area contributed by atoms with Crippen molar-refractivity contribution in [1.82, 2.24) is 10.2 Å². The third kappa shape index (κ3) is 5.13. The van der Waals surface area contributed by atoms with Crippen molar-refractivity contribution < 1.29 is 19.1 Å². The van der Waals surface area contributed by atoms with E-state index in [1.54, 1.807) is 14.2 Å². The molecular formula is C26H32N2O4. The molecular weight excluding hydrogens is 404 g/mol. The van der Waals surface area contributed by atoms with E-state index in [0.29, 0.717) is 6.54 Å². The van der Waals surface area contributed by atoms with E-state index in [2.05, 4.69) is 22.3 Å². The van der Waals surface area contributed by atoms with E-state index in [0.717, 1.165) is 56.0 Å². The molecule has 0 saturated carbocycles. The van der Waals surface area contributed by atoms with Gasteiger partial charge in [0, 0.05) is 44.6 Å². The lowest BCUT2D eigenvalue weighted by molar-refractivity contribution is -0.121. The van der Waals surface area contributed by atoms with Crippen LogP contribution in [-0.2, 0) is 30.6 Å². The Labute approximate surface area is 189 Å². The van der Waals surface area contributed by atoms with Gasteiger partial charge < -0.3 is 14.8 Å². The number of carbonyl (C=O) groups excluding carboxylic acids is 2. The van der Waals surface area contributed by atoms with Gasteiger partial charge in [0.25, 0.3) is 0 Å². The van der Waals surface area contributed by atoms with Crippen LogP contribution >= 0.6 is 0 Å². The van der Waals surface area contributed by atoms with Gasteiger partial charge >= 0.3 is 0 Å². The summed E-state index contributed by atoms with van der Waals surface area (Å²) in [7, 11) is 3.30. The molecule has 2 aliphatic rings. The summed E-state index contributed by atoms with van der Waals surface area (Å²) in [5.74, 6) is 1.49. The highest BCUT2D eigenvalue weighted by Crippen LogP contribution is 2.33. The van der Waals surface area contributed by atoms with Crippen LogP contribution < -0.4 is 14.8 Å². The van der Waals surface area contributed by atoms with Crippen LogP contribution in [-0.4, -0.2) is 50.4 Å². The number of fused-ring (bicyclic) bond motifs is 2. The van der Waals surface area contributed by atoms with Crippen molar-refractivity contribution in [1.29, 1.82) is 0 Å². The maximum Gasteiger partial charge on any atom is 0.220 e. The molecule has 4 rings (SSSR count). The molecule has 1 amide bonds. The van der Waals surface area contributed by atoms with Crippen molar-refractivity contribution in [3.63, 3.8) is 0 Å². The molecule has 0 aromatic heterocycles. The quantitative estimate of drug-likeness (QED) is 0.611. The topological polar surface area (TPSA) is 67.9 Å². The number of rotatable bonds is 9. The number of carbonyl (C=O) groups is 2. The number of hydrogen-bond donors (Lipinski definition) is 1. The Bertz CT molecular complexity index is 1000. The fourth-order valence-corrected chi connectivity index (χ4v) is 4.69. The molecule has 1 heterocycles. The monoisotopic (exact) mass is 436 g/mol. The van der Waals surface area contributed by atoms with Gasteiger partial charge in [-0.2, -0.15) is 0 Å². The van der Waals surface area contributed by atoms with Crippen molar-refractivity contribution in [2.24, 2.45) is 0 Å². The molecule has 0 unspecified atom stereocenters. The molecule has 1 aliphatic heterocycles. The van der Waals surface area contributed by atoms with Crippen LogP contribution in [0.3, 0.4) is 0 Å². The number of amides is 1. The zero-order valence-corrected chi connectivity index (χ0v) is 19.0. The number of Topliss-reactive ketones (excluding diaryl/α,β-unsaturated/α-hetero) is 1. The van der Waals surface area contributed by atoms with Gasteiger partial charge in [0.15, 0.2) is 17.3 Å². The lowest BCUT2D eigenvalue weighted by Gasteiger charge is -2.29. The first-order valence-corrected chi connectivity index (χ1v) is 11.4. The van der Waals surface area contributed by atoms with Crippen molar-refractivity contribution >= 4 is 11.7 Å². The summed E-state index contributed by atoms with van der Waals surface area (Å²) in [6.07, 6.45) is 4.76. The number of hydrogen-bond acceptors (Lipinski definition) is 5. The molecule has 0 saturated heterocycles. The normalized spacial score (nSPS) is 15.1. The van der Waals surface area contributed by atoms with E-state index in [1.807, 2.05) is 18.2 Å². The Balaban J connectivity index is 1.20. The zero-order chi connectivity index (χ0) is 22.5. The third-order valence-corrected chi connectivity index (χ3v) is 6.55. The molecule has 0 atom stereocenters. The van der Waals surface area contributed by atoms with Crippen LogP contribution in [0.2, 0.25) is 0 Å². The predicted molar refractivity (Wildman–Crippen MR) is 124 cm³/mol. The molecule has 0 spiro atoms. The lowest BCUT2D eigenvalue weighted by Crippen LogP contribution is -2.37. The third-order valence-electron chi connectivity index (χ3n) is 6.55. The Morgan fingerprint density at radius 1 is 0.906 bits per heavy atom. The average molecular weight is 437 g/mol. The van der Waals surface area contributed by atoms with Crippen LogP contribution in [0.4, 0.5) is 0 Å². The highest BCUT2D eigenvalue weighted by molar-refractivity contribution is 5.98. The maximum absolute atomic E-state index is 12.5. The van der Waals surface area contributed by atoms with Gasteiger partial charge in [0.1, 0.15) is 0 Å². The first kappa shape index (κ1) is 22.3. The summed E-state index contributed by atoms with van der Waals surface area (Å²) in [6.45, 7) is 3.12. The van der Waals surface area contributed by atoms with Gasteiger partial charge in [-0.25, -0.2) is 0 Å². The second-order valence-electron chi connectivity index (χ2n) is 8.61. The summed E-state index contributed by atoms with van der Waals surface area (Å²) in [5, 5.41) is 2.97. The van der Waals surface area contributed by atoms with E-state index < -0.39 is 0 Å². The number of ketones is 1. The molecule has 2 aromatic carbocycles. The summed E-state index contributed by atoms with van der Waals surface area (Å²) >= 11 is 0. The Morgan fingerprint density at radius 3 is 2.41 bits per heavy atom. The molecule has 1 N–H and O–H groups in total. The largest absolute Gasteiger partial charge is 0.493 e. The van der Waals surface area contributed by atoms with Gasteiger partial charge in [-0.1, -0.05) is 12.1 Å². The molecule has 0 radical (unpaired) electrons. The maximum atomic E-state index is 12.5. The van der Waals surface area contributed by atoms with Crippen molar-refractivity contribution in [2.75, 3.05) is 33.9 Å². The second kappa shape index (κ2) is 10.2. The van der Waals surface area contributed by atoms with Gasteiger partial charge in [-0.05, 0) is 66.1 Å². The number of nitrogens with one attached hydrogen (secondary N) is 1. The number of nitrogens with zero attached hydrogens (tertiary/aromatic N) is 1. The van der Waals surface area contributed by atoms with Gasteiger partial charge in [0.2, 0.25) is 5.91 Å². The van der Waals surface area contributed by atoms with Crippen LogP contribution in [0.25, 0.3) is 0 Å². The van der Waals surface area contributed by atoms with Gasteiger partial charge in [-0.15, -0.1) is 0 Å². The summed E-state index contributed by atoms with van der Waals surface area (Å²) in [4.78, 5) is 27.0. The van der Waals surface area contributed by atoms with E-state index in [4.69, 9.17) is 9.47 Å². The summed E-state index contributed by atoms with van der Waals surface area (Å²) in [5.41, 5.74) is 5.90.